The molecule has 1 rings (SSSR count). The van der Waals surface area contributed by atoms with Gasteiger partial charge >= 0.3 is 6.18 Å². The average Bonchev–Trinajstić information content (AvgIpc) is 2.45. The molecule has 14 heavy (non-hydrogen) atoms. The van der Waals surface area contributed by atoms with Crippen LogP contribution in [0.25, 0.3) is 0 Å². The summed E-state index contributed by atoms with van der Waals surface area (Å²) in [5.74, 6) is 0.579. The van der Waals surface area contributed by atoms with Crippen LogP contribution in [0, 0.1) is 5.92 Å². The van der Waals surface area contributed by atoms with Crippen molar-refractivity contribution in [2.75, 3.05) is 6.54 Å². The Morgan fingerprint density at radius 2 is 2.07 bits per heavy atom. The number of nitrogens with one attached hydrogen (secondary N) is 1. The molecule has 0 saturated heterocycles. The zero-order valence-electron chi connectivity index (χ0n) is 8.14. The molecule has 0 aromatic carbocycles. The Bertz CT molecular complexity index is 183. The van der Waals surface area contributed by atoms with Gasteiger partial charge in [-0.2, -0.15) is 13.2 Å². The van der Waals surface area contributed by atoms with E-state index in [2.05, 4.69) is 12.2 Å². The van der Waals surface area contributed by atoms with Crippen LogP contribution < -0.4 is 5.32 Å². The Labute approximate surface area is 81.5 Å². The fraction of sp³-hybridized carbons (Fsp3) is 1.00. The van der Waals surface area contributed by atoms with Crippen molar-refractivity contribution in [2.45, 2.75) is 44.5 Å². The molecule has 0 aromatic heterocycles. The zero-order chi connectivity index (χ0) is 10.8. The molecule has 84 valence electrons. The Morgan fingerprint density at radius 1 is 1.43 bits per heavy atom. The number of alkyl halides is 3. The molecular weight excluding hydrogens is 195 g/mol. The molecule has 0 spiro atoms. The summed E-state index contributed by atoms with van der Waals surface area (Å²) in [6.45, 7) is 1.70. The second-order valence-corrected chi connectivity index (χ2v) is 4.08. The molecule has 1 aliphatic rings. The van der Waals surface area contributed by atoms with Crippen molar-refractivity contribution in [1.82, 2.24) is 5.32 Å². The first kappa shape index (κ1) is 11.8. The minimum atomic E-state index is -4.50. The summed E-state index contributed by atoms with van der Waals surface area (Å²) in [5, 5.41) is 11.5. The summed E-state index contributed by atoms with van der Waals surface area (Å²) in [4.78, 5) is 0. The fourth-order valence-electron chi connectivity index (χ4n) is 1.79. The highest BCUT2D eigenvalue weighted by Crippen LogP contribution is 2.25. The molecule has 2 nitrogen and oxygen atoms in total. The summed E-state index contributed by atoms with van der Waals surface area (Å²) < 4.78 is 35.7. The van der Waals surface area contributed by atoms with Gasteiger partial charge < -0.3 is 10.4 Å². The average molecular weight is 211 g/mol. The van der Waals surface area contributed by atoms with Gasteiger partial charge in [0.15, 0.2) is 6.10 Å². The number of aliphatic hydroxyl groups is 1. The van der Waals surface area contributed by atoms with E-state index in [0.29, 0.717) is 5.92 Å². The molecular formula is C9H16F3NO. The second-order valence-electron chi connectivity index (χ2n) is 4.08. The molecule has 0 amide bonds. The van der Waals surface area contributed by atoms with Gasteiger partial charge in [-0.15, -0.1) is 0 Å². The van der Waals surface area contributed by atoms with Crippen LogP contribution in [0.5, 0.6) is 0 Å². The van der Waals surface area contributed by atoms with E-state index in [1.165, 1.54) is 0 Å². The van der Waals surface area contributed by atoms with E-state index in [1.54, 1.807) is 0 Å². The number of rotatable bonds is 3. The molecule has 1 fully saturated rings. The molecule has 0 aliphatic heterocycles. The SMILES string of the molecule is CC1CCC(NCC(O)C(F)(F)F)C1. The first-order valence-corrected chi connectivity index (χ1v) is 4.87. The van der Waals surface area contributed by atoms with Crippen molar-refractivity contribution in [3.05, 3.63) is 0 Å². The molecule has 2 N–H and O–H groups in total. The van der Waals surface area contributed by atoms with Crippen LogP contribution in [-0.2, 0) is 0 Å². The highest BCUT2D eigenvalue weighted by atomic mass is 19.4. The Hall–Kier alpha value is -0.290. The molecule has 0 radical (unpaired) electrons. The predicted octanol–water partition coefficient (Wildman–Crippen LogP) is 1.69. The van der Waals surface area contributed by atoms with Gasteiger partial charge in [0.2, 0.25) is 0 Å². The van der Waals surface area contributed by atoms with Crippen molar-refractivity contribution in [3.8, 4) is 0 Å². The third-order valence-electron chi connectivity index (χ3n) is 2.67. The molecule has 0 bridgehead atoms. The number of aliphatic hydroxyl groups excluding tert-OH is 1. The molecule has 1 aliphatic carbocycles. The van der Waals surface area contributed by atoms with Gasteiger partial charge in [-0.05, 0) is 25.2 Å². The topological polar surface area (TPSA) is 32.3 Å². The van der Waals surface area contributed by atoms with Crippen LogP contribution in [0.3, 0.4) is 0 Å². The number of hydrogen-bond donors (Lipinski definition) is 2. The van der Waals surface area contributed by atoms with E-state index in [-0.39, 0.29) is 12.6 Å². The second kappa shape index (κ2) is 4.49. The zero-order valence-corrected chi connectivity index (χ0v) is 8.14. The first-order chi connectivity index (χ1) is 6.39. The van der Waals surface area contributed by atoms with E-state index in [0.717, 1.165) is 19.3 Å². The van der Waals surface area contributed by atoms with Crippen molar-refractivity contribution in [1.29, 1.82) is 0 Å². The lowest BCUT2D eigenvalue weighted by atomic mass is 10.1. The lowest BCUT2D eigenvalue weighted by Gasteiger charge is -2.18. The molecule has 3 unspecified atom stereocenters. The highest BCUT2D eigenvalue weighted by Gasteiger charge is 2.38. The minimum absolute atomic E-state index is 0.141. The summed E-state index contributed by atoms with van der Waals surface area (Å²) in [7, 11) is 0. The van der Waals surface area contributed by atoms with Crippen LogP contribution >= 0.6 is 0 Å². The Kier molecular flexibility index (Phi) is 3.78. The summed E-state index contributed by atoms with van der Waals surface area (Å²) in [5.41, 5.74) is 0. The van der Waals surface area contributed by atoms with Crippen molar-refractivity contribution >= 4 is 0 Å². The highest BCUT2D eigenvalue weighted by molar-refractivity contribution is 4.80. The normalized spacial score (nSPS) is 30.6. The third kappa shape index (κ3) is 3.46. The van der Waals surface area contributed by atoms with Crippen molar-refractivity contribution < 1.29 is 18.3 Å². The van der Waals surface area contributed by atoms with E-state index in [1.807, 2.05) is 0 Å². The van der Waals surface area contributed by atoms with Crippen LogP contribution in [0.2, 0.25) is 0 Å². The van der Waals surface area contributed by atoms with Gasteiger partial charge in [-0.1, -0.05) is 6.92 Å². The van der Waals surface area contributed by atoms with Crippen LogP contribution in [0.15, 0.2) is 0 Å². The third-order valence-corrected chi connectivity index (χ3v) is 2.67. The molecule has 1 saturated carbocycles. The first-order valence-electron chi connectivity index (χ1n) is 4.87. The van der Waals surface area contributed by atoms with Gasteiger partial charge in [-0.25, -0.2) is 0 Å². The summed E-state index contributed by atoms with van der Waals surface area (Å²) >= 11 is 0. The number of halogens is 3. The van der Waals surface area contributed by atoms with E-state index < -0.39 is 12.3 Å². The van der Waals surface area contributed by atoms with Crippen molar-refractivity contribution in [3.63, 3.8) is 0 Å². The summed E-state index contributed by atoms with van der Waals surface area (Å²) in [6.07, 6.45) is -3.87. The Balaban J connectivity index is 2.21. The lowest BCUT2D eigenvalue weighted by molar-refractivity contribution is -0.202. The standard InChI is InChI=1S/C9H16F3NO/c1-6-2-3-7(4-6)13-5-8(14)9(10,11)12/h6-8,13-14H,2-5H2,1H3. The maximum Gasteiger partial charge on any atom is 0.415 e. The van der Waals surface area contributed by atoms with E-state index in [9.17, 15) is 13.2 Å². The smallest absolute Gasteiger partial charge is 0.382 e. The van der Waals surface area contributed by atoms with Crippen LogP contribution in [0.1, 0.15) is 26.2 Å². The fourth-order valence-corrected chi connectivity index (χ4v) is 1.79. The largest absolute Gasteiger partial charge is 0.415 e. The van der Waals surface area contributed by atoms with Crippen LogP contribution in [-0.4, -0.2) is 30.0 Å². The van der Waals surface area contributed by atoms with Gasteiger partial charge in [-0.3, -0.25) is 0 Å². The molecule has 3 atom stereocenters. The molecule has 0 heterocycles. The van der Waals surface area contributed by atoms with E-state index in [4.69, 9.17) is 5.11 Å². The van der Waals surface area contributed by atoms with Gasteiger partial charge in [0.05, 0.1) is 0 Å². The molecule has 5 heteroatoms. The van der Waals surface area contributed by atoms with Crippen molar-refractivity contribution in [2.24, 2.45) is 5.92 Å². The minimum Gasteiger partial charge on any atom is -0.382 e. The maximum absolute atomic E-state index is 11.9. The molecule has 0 aromatic rings. The predicted molar refractivity (Wildman–Crippen MR) is 46.9 cm³/mol. The lowest BCUT2D eigenvalue weighted by Crippen LogP contribution is -2.41. The maximum atomic E-state index is 11.9. The summed E-state index contributed by atoms with van der Waals surface area (Å²) in [6, 6.07) is 0.141. The van der Waals surface area contributed by atoms with Gasteiger partial charge in [0.25, 0.3) is 0 Å². The van der Waals surface area contributed by atoms with E-state index >= 15 is 0 Å². The van der Waals surface area contributed by atoms with Gasteiger partial charge in [0, 0.05) is 12.6 Å². The van der Waals surface area contributed by atoms with Gasteiger partial charge in [0.1, 0.15) is 0 Å². The quantitative estimate of drug-likeness (QED) is 0.744. The Morgan fingerprint density at radius 3 is 2.50 bits per heavy atom. The number of hydrogen-bond acceptors (Lipinski definition) is 2. The monoisotopic (exact) mass is 211 g/mol. The van der Waals surface area contributed by atoms with Crippen LogP contribution in [0.4, 0.5) is 13.2 Å².